The molecule has 4 nitrogen and oxygen atoms in total. The third-order valence-corrected chi connectivity index (χ3v) is 6.49. The highest BCUT2D eigenvalue weighted by Crippen LogP contribution is 2.50. The highest BCUT2D eigenvalue weighted by molar-refractivity contribution is 6.30. The standard InChI is InChI=1S/C27H27ClN2O2/c1-27(2,3)19-12-8-18(9-13-19)26-30-23(21-6-5-7-24(31-4)25(21)32-26)16-22(29-30)17-10-14-20(28)15-11-17/h5-15,23,26H,16H2,1-4H3. The quantitative estimate of drug-likeness (QED) is 0.439. The molecular weight excluding hydrogens is 420 g/mol. The third kappa shape index (κ3) is 3.63. The maximum Gasteiger partial charge on any atom is 0.214 e. The van der Waals surface area contributed by atoms with E-state index in [1.165, 1.54) is 5.56 Å². The number of hydrogen-bond acceptors (Lipinski definition) is 4. The molecule has 32 heavy (non-hydrogen) atoms. The van der Waals surface area contributed by atoms with Crippen LogP contribution in [0, 0.1) is 0 Å². The largest absolute Gasteiger partial charge is 0.493 e. The lowest BCUT2D eigenvalue weighted by Crippen LogP contribution is -2.34. The highest BCUT2D eigenvalue weighted by atomic mass is 35.5. The Morgan fingerprint density at radius 2 is 1.72 bits per heavy atom. The molecule has 5 rings (SSSR count). The first-order valence-corrected chi connectivity index (χ1v) is 11.3. The Kier molecular flexibility index (Phi) is 5.13. The number of methoxy groups -OCH3 is 1. The molecule has 164 valence electrons. The van der Waals surface area contributed by atoms with E-state index in [4.69, 9.17) is 26.2 Å². The maximum absolute atomic E-state index is 6.56. The summed E-state index contributed by atoms with van der Waals surface area (Å²) in [5.41, 5.74) is 5.66. The molecule has 2 atom stereocenters. The summed E-state index contributed by atoms with van der Waals surface area (Å²) in [6, 6.07) is 22.7. The van der Waals surface area contributed by atoms with Crippen LogP contribution in [-0.4, -0.2) is 17.8 Å². The number of ether oxygens (including phenoxy) is 2. The Morgan fingerprint density at radius 1 is 1.00 bits per heavy atom. The molecule has 2 aliphatic heterocycles. The van der Waals surface area contributed by atoms with Crippen molar-refractivity contribution in [1.29, 1.82) is 0 Å². The van der Waals surface area contributed by atoms with Crippen LogP contribution < -0.4 is 9.47 Å². The minimum atomic E-state index is -0.331. The molecule has 0 radical (unpaired) electrons. The summed E-state index contributed by atoms with van der Waals surface area (Å²) in [7, 11) is 1.68. The normalized spacial score (nSPS) is 19.7. The molecule has 0 aromatic heterocycles. The van der Waals surface area contributed by atoms with Crippen LogP contribution in [0.4, 0.5) is 0 Å². The molecule has 0 saturated carbocycles. The number of fused-ring (bicyclic) bond motifs is 3. The first kappa shape index (κ1) is 20.9. The van der Waals surface area contributed by atoms with Gasteiger partial charge in [-0.05, 0) is 34.7 Å². The van der Waals surface area contributed by atoms with Gasteiger partial charge in [0.2, 0.25) is 6.23 Å². The lowest BCUT2D eigenvalue weighted by molar-refractivity contribution is -0.0209. The summed E-state index contributed by atoms with van der Waals surface area (Å²) in [6.45, 7) is 6.66. The van der Waals surface area contributed by atoms with Gasteiger partial charge in [0.05, 0.1) is 18.9 Å². The molecule has 2 unspecified atom stereocenters. The van der Waals surface area contributed by atoms with Crippen LogP contribution in [0.2, 0.25) is 5.02 Å². The number of hydrogen-bond donors (Lipinski definition) is 0. The minimum absolute atomic E-state index is 0.0758. The SMILES string of the molecule is COc1cccc2c1OC(c1ccc(C(C)(C)C)cc1)N1N=C(c3ccc(Cl)cc3)CC21. The molecule has 2 aliphatic rings. The Bertz CT molecular complexity index is 1160. The summed E-state index contributed by atoms with van der Waals surface area (Å²) < 4.78 is 12.2. The van der Waals surface area contributed by atoms with E-state index >= 15 is 0 Å². The average Bonchev–Trinajstić information content (AvgIpc) is 3.24. The van der Waals surface area contributed by atoms with Crippen molar-refractivity contribution in [2.45, 2.75) is 44.9 Å². The van der Waals surface area contributed by atoms with Gasteiger partial charge in [0.1, 0.15) is 0 Å². The van der Waals surface area contributed by atoms with Gasteiger partial charge in [-0.2, -0.15) is 5.10 Å². The van der Waals surface area contributed by atoms with Gasteiger partial charge in [-0.25, -0.2) is 5.01 Å². The van der Waals surface area contributed by atoms with Gasteiger partial charge < -0.3 is 9.47 Å². The lowest BCUT2D eigenvalue weighted by atomic mass is 9.86. The Hall–Kier alpha value is -2.98. The monoisotopic (exact) mass is 446 g/mol. The third-order valence-electron chi connectivity index (χ3n) is 6.24. The number of nitrogens with zero attached hydrogens (tertiary/aromatic N) is 2. The van der Waals surface area contributed by atoms with Crippen LogP contribution in [0.3, 0.4) is 0 Å². The van der Waals surface area contributed by atoms with Gasteiger partial charge in [0, 0.05) is 22.6 Å². The molecule has 0 amide bonds. The van der Waals surface area contributed by atoms with E-state index in [1.807, 2.05) is 36.4 Å². The zero-order valence-electron chi connectivity index (χ0n) is 18.8. The van der Waals surface area contributed by atoms with E-state index in [1.54, 1.807) is 7.11 Å². The highest BCUT2D eigenvalue weighted by Gasteiger charge is 2.42. The number of benzene rings is 3. The Morgan fingerprint density at radius 3 is 2.38 bits per heavy atom. The molecule has 0 saturated heterocycles. The van der Waals surface area contributed by atoms with Crippen molar-refractivity contribution in [1.82, 2.24) is 5.01 Å². The van der Waals surface area contributed by atoms with Gasteiger partial charge in [0.25, 0.3) is 0 Å². The molecule has 0 spiro atoms. The van der Waals surface area contributed by atoms with Crippen molar-refractivity contribution in [2.75, 3.05) is 7.11 Å². The van der Waals surface area contributed by atoms with Gasteiger partial charge in [0.15, 0.2) is 11.5 Å². The molecule has 0 aliphatic carbocycles. The Balaban J connectivity index is 1.58. The van der Waals surface area contributed by atoms with Gasteiger partial charge in [-0.3, -0.25) is 0 Å². The number of para-hydroxylation sites is 1. The van der Waals surface area contributed by atoms with E-state index in [0.717, 1.165) is 45.3 Å². The van der Waals surface area contributed by atoms with Crippen LogP contribution in [0.5, 0.6) is 11.5 Å². The zero-order chi connectivity index (χ0) is 22.5. The van der Waals surface area contributed by atoms with Gasteiger partial charge in [-0.1, -0.05) is 80.9 Å². The molecule has 3 aromatic rings. The van der Waals surface area contributed by atoms with Crippen molar-refractivity contribution in [3.63, 3.8) is 0 Å². The van der Waals surface area contributed by atoms with Gasteiger partial charge in [-0.15, -0.1) is 0 Å². The zero-order valence-corrected chi connectivity index (χ0v) is 19.6. The van der Waals surface area contributed by atoms with E-state index in [0.29, 0.717) is 0 Å². The molecule has 5 heteroatoms. The summed E-state index contributed by atoms with van der Waals surface area (Å²) >= 11 is 6.10. The number of hydrazone groups is 1. The second kappa shape index (κ2) is 7.86. The molecule has 3 aromatic carbocycles. The van der Waals surface area contributed by atoms with Crippen molar-refractivity contribution < 1.29 is 9.47 Å². The van der Waals surface area contributed by atoms with E-state index in [9.17, 15) is 0 Å². The molecular formula is C27H27ClN2O2. The van der Waals surface area contributed by atoms with E-state index < -0.39 is 0 Å². The first-order chi connectivity index (χ1) is 15.3. The van der Waals surface area contributed by atoms with Crippen LogP contribution in [-0.2, 0) is 5.41 Å². The molecule has 0 N–H and O–H groups in total. The second-order valence-electron chi connectivity index (χ2n) is 9.37. The van der Waals surface area contributed by atoms with Crippen LogP contribution >= 0.6 is 11.6 Å². The summed E-state index contributed by atoms with van der Waals surface area (Å²) in [5.74, 6) is 1.55. The lowest BCUT2D eigenvalue weighted by Gasteiger charge is -2.38. The minimum Gasteiger partial charge on any atom is -0.493 e. The smallest absolute Gasteiger partial charge is 0.214 e. The summed E-state index contributed by atoms with van der Waals surface area (Å²) in [6.07, 6.45) is 0.462. The Labute approximate surface area is 194 Å². The van der Waals surface area contributed by atoms with Crippen molar-refractivity contribution in [3.05, 3.63) is 94.0 Å². The van der Waals surface area contributed by atoms with E-state index in [2.05, 4.69) is 56.1 Å². The van der Waals surface area contributed by atoms with Crippen molar-refractivity contribution >= 4 is 17.3 Å². The summed E-state index contributed by atoms with van der Waals surface area (Å²) in [5, 5.41) is 7.85. The van der Waals surface area contributed by atoms with Crippen molar-refractivity contribution in [2.24, 2.45) is 5.10 Å². The number of halogens is 1. The fraction of sp³-hybridized carbons (Fsp3) is 0.296. The van der Waals surface area contributed by atoms with E-state index in [-0.39, 0.29) is 17.7 Å². The predicted octanol–water partition coefficient (Wildman–Crippen LogP) is 6.89. The van der Waals surface area contributed by atoms with Crippen molar-refractivity contribution in [3.8, 4) is 11.5 Å². The van der Waals surface area contributed by atoms with Crippen LogP contribution in [0.15, 0.2) is 71.8 Å². The molecule has 0 fully saturated rings. The summed E-state index contributed by atoms with van der Waals surface area (Å²) in [4.78, 5) is 0. The molecule has 0 bridgehead atoms. The average molecular weight is 447 g/mol. The molecule has 2 heterocycles. The van der Waals surface area contributed by atoms with Crippen LogP contribution in [0.25, 0.3) is 0 Å². The fourth-order valence-corrected chi connectivity index (χ4v) is 4.55. The predicted molar refractivity (Wildman–Crippen MR) is 129 cm³/mol. The fourth-order valence-electron chi connectivity index (χ4n) is 4.43. The number of rotatable bonds is 3. The second-order valence-corrected chi connectivity index (χ2v) is 9.81. The topological polar surface area (TPSA) is 34.1 Å². The maximum atomic E-state index is 6.56. The van der Waals surface area contributed by atoms with Crippen LogP contribution in [0.1, 0.15) is 61.7 Å². The van der Waals surface area contributed by atoms with Gasteiger partial charge >= 0.3 is 0 Å². The first-order valence-electron chi connectivity index (χ1n) is 10.9.